The van der Waals surface area contributed by atoms with Gasteiger partial charge in [-0.05, 0) is 29.9 Å². The Bertz CT molecular complexity index is 1070. The van der Waals surface area contributed by atoms with Crippen LogP contribution in [0.3, 0.4) is 0 Å². The van der Waals surface area contributed by atoms with Crippen LogP contribution in [0.5, 0.6) is 0 Å². The van der Waals surface area contributed by atoms with Crippen LogP contribution in [0.15, 0.2) is 41.1 Å². The van der Waals surface area contributed by atoms with Crippen molar-refractivity contribution in [2.75, 3.05) is 0 Å². The van der Waals surface area contributed by atoms with E-state index in [1.165, 1.54) is 30.5 Å². The predicted molar refractivity (Wildman–Crippen MR) is 134 cm³/mol. The minimum absolute atomic E-state index is 0.0361. The van der Waals surface area contributed by atoms with Gasteiger partial charge in [0.2, 0.25) is 17.6 Å². The second-order valence-corrected chi connectivity index (χ2v) is 9.89. The van der Waals surface area contributed by atoms with E-state index in [0.717, 1.165) is 38.2 Å². The average Bonchev–Trinajstić information content (AvgIpc) is 3.45. The lowest BCUT2D eigenvalue weighted by molar-refractivity contribution is -0.138. The summed E-state index contributed by atoms with van der Waals surface area (Å²) in [6, 6.07) is 4.50. The van der Waals surface area contributed by atoms with E-state index in [1.54, 1.807) is 6.92 Å². The normalized spacial score (nSPS) is 16.8. The molecule has 2 aromatic rings. The first-order valence-electron chi connectivity index (χ1n) is 13.0. The van der Waals surface area contributed by atoms with Crippen molar-refractivity contribution in [2.24, 2.45) is 11.8 Å². The van der Waals surface area contributed by atoms with Gasteiger partial charge < -0.3 is 20.5 Å². The fourth-order valence-corrected chi connectivity index (χ4v) is 4.75. The van der Waals surface area contributed by atoms with Crippen molar-refractivity contribution in [3.63, 3.8) is 0 Å². The number of hydrogen-bond donors (Lipinski definition) is 3. The maximum Gasteiger partial charge on any atom is 0.416 e. The minimum atomic E-state index is -4.56. The largest absolute Gasteiger partial charge is 0.416 e. The summed E-state index contributed by atoms with van der Waals surface area (Å²) < 4.78 is 45.0. The molecule has 0 aliphatic heterocycles. The van der Waals surface area contributed by atoms with Crippen molar-refractivity contribution < 1.29 is 32.1 Å². The Morgan fingerprint density at radius 2 is 1.76 bits per heavy atom. The van der Waals surface area contributed by atoms with Gasteiger partial charge in [0, 0.05) is 12.6 Å². The smallest absolute Gasteiger partial charge is 0.351 e. The second-order valence-electron chi connectivity index (χ2n) is 9.89. The molecule has 1 aliphatic rings. The molecule has 1 saturated carbocycles. The van der Waals surface area contributed by atoms with E-state index in [9.17, 15) is 27.6 Å². The zero-order valence-electron chi connectivity index (χ0n) is 21.6. The predicted octanol–water partition coefficient (Wildman–Crippen LogP) is 4.61. The van der Waals surface area contributed by atoms with Gasteiger partial charge in [-0.15, -0.1) is 0 Å². The van der Waals surface area contributed by atoms with E-state index in [2.05, 4.69) is 21.1 Å². The standard InChI is InChI=1S/C27H35F3N4O4/c1-3-17(2)23(26(37)31-16-19-11-7-8-12-20(19)27(28,29)30)34-24(35)21(15-18-9-5-4-6-10-18)33-25(36)22-13-14-32-38-22/h7-8,11-14,17-18,21,23H,3-6,9-10,15-16H2,1-2H3,(H,31,37)(H,33,36)(H,34,35)/t17-,21-,23-/m0/s1. The van der Waals surface area contributed by atoms with Crippen LogP contribution in [0.2, 0.25) is 0 Å². The van der Waals surface area contributed by atoms with E-state index >= 15 is 0 Å². The zero-order chi connectivity index (χ0) is 27.7. The topological polar surface area (TPSA) is 113 Å². The van der Waals surface area contributed by atoms with Crippen LogP contribution in [-0.4, -0.2) is 35.0 Å². The number of carbonyl (C=O) groups excluding carboxylic acids is 3. The van der Waals surface area contributed by atoms with E-state index in [4.69, 9.17) is 4.52 Å². The maximum atomic E-state index is 13.4. The Kier molecular flexibility index (Phi) is 10.3. The van der Waals surface area contributed by atoms with E-state index in [-0.39, 0.29) is 29.7 Å². The van der Waals surface area contributed by atoms with Crippen molar-refractivity contribution in [1.82, 2.24) is 21.1 Å². The molecule has 1 aromatic heterocycles. The fourth-order valence-electron chi connectivity index (χ4n) is 4.75. The van der Waals surface area contributed by atoms with Crippen molar-refractivity contribution in [1.29, 1.82) is 0 Å². The van der Waals surface area contributed by atoms with Crippen molar-refractivity contribution in [3.8, 4) is 0 Å². The summed E-state index contributed by atoms with van der Waals surface area (Å²) in [5.41, 5.74) is -0.899. The number of halogens is 3. The highest BCUT2D eigenvalue weighted by Gasteiger charge is 2.34. The highest BCUT2D eigenvalue weighted by molar-refractivity contribution is 5.96. The molecule has 3 atom stereocenters. The Morgan fingerprint density at radius 3 is 2.39 bits per heavy atom. The van der Waals surface area contributed by atoms with E-state index in [0.29, 0.717) is 12.8 Å². The molecule has 1 heterocycles. The number of amides is 3. The first-order valence-corrected chi connectivity index (χ1v) is 13.0. The number of nitrogens with zero attached hydrogens (tertiary/aromatic N) is 1. The molecule has 0 saturated heterocycles. The van der Waals surface area contributed by atoms with Crippen LogP contribution in [-0.2, 0) is 22.3 Å². The van der Waals surface area contributed by atoms with Gasteiger partial charge >= 0.3 is 6.18 Å². The monoisotopic (exact) mass is 536 g/mol. The van der Waals surface area contributed by atoms with Crippen LogP contribution in [0.1, 0.15) is 80.5 Å². The molecular formula is C27H35F3N4O4. The summed E-state index contributed by atoms with van der Waals surface area (Å²) in [5, 5.41) is 11.5. The lowest BCUT2D eigenvalue weighted by Gasteiger charge is -2.29. The molecule has 11 heteroatoms. The highest BCUT2D eigenvalue weighted by atomic mass is 19.4. The summed E-state index contributed by atoms with van der Waals surface area (Å²) >= 11 is 0. The van der Waals surface area contributed by atoms with Crippen LogP contribution < -0.4 is 16.0 Å². The molecule has 1 fully saturated rings. The van der Waals surface area contributed by atoms with Gasteiger partial charge in [-0.3, -0.25) is 14.4 Å². The molecule has 0 radical (unpaired) electrons. The Balaban J connectivity index is 1.73. The van der Waals surface area contributed by atoms with Gasteiger partial charge in [0.25, 0.3) is 5.91 Å². The van der Waals surface area contributed by atoms with Crippen LogP contribution >= 0.6 is 0 Å². The van der Waals surface area contributed by atoms with Crippen LogP contribution in [0.4, 0.5) is 13.2 Å². The molecule has 3 rings (SSSR count). The number of benzene rings is 1. The lowest BCUT2D eigenvalue weighted by atomic mass is 9.84. The van der Waals surface area contributed by atoms with Crippen LogP contribution in [0, 0.1) is 11.8 Å². The average molecular weight is 537 g/mol. The first-order chi connectivity index (χ1) is 18.1. The van der Waals surface area contributed by atoms with Crippen molar-refractivity contribution in [3.05, 3.63) is 53.4 Å². The summed E-state index contributed by atoms with van der Waals surface area (Å²) in [4.78, 5) is 39.2. The summed E-state index contributed by atoms with van der Waals surface area (Å²) in [6.07, 6.45) is 2.82. The van der Waals surface area contributed by atoms with Gasteiger partial charge in [-0.2, -0.15) is 13.2 Å². The summed E-state index contributed by atoms with van der Waals surface area (Å²) in [6.45, 7) is 3.28. The molecule has 208 valence electrons. The third-order valence-electron chi connectivity index (χ3n) is 7.15. The molecular weight excluding hydrogens is 501 g/mol. The third-order valence-corrected chi connectivity index (χ3v) is 7.15. The van der Waals surface area contributed by atoms with E-state index in [1.807, 2.05) is 6.92 Å². The Labute approximate surface area is 220 Å². The lowest BCUT2D eigenvalue weighted by Crippen LogP contribution is -2.56. The SMILES string of the molecule is CC[C@H](C)[C@H](NC(=O)[C@H](CC1CCCCC1)NC(=O)c1ccno1)C(=O)NCc1ccccc1C(F)(F)F. The summed E-state index contributed by atoms with van der Waals surface area (Å²) in [5.74, 6) is -1.82. The summed E-state index contributed by atoms with van der Waals surface area (Å²) in [7, 11) is 0. The van der Waals surface area contributed by atoms with Gasteiger partial charge in [0.1, 0.15) is 12.1 Å². The molecule has 8 nitrogen and oxygen atoms in total. The van der Waals surface area contributed by atoms with Gasteiger partial charge in [0.15, 0.2) is 0 Å². The molecule has 0 spiro atoms. The van der Waals surface area contributed by atoms with Crippen molar-refractivity contribution in [2.45, 2.75) is 83.6 Å². The minimum Gasteiger partial charge on any atom is -0.351 e. The molecule has 3 N–H and O–H groups in total. The molecule has 1 aliphatic carbocycles. The number of nitrogens with one attached hydrogen (secondary N) is 3. The number of rotatable bonds is 11. The van der Waals surface area contributed by atoms with Crippen molar-refractivity contribution >= 4 is 17.7 Å². The Morgan fingerprint density at radius 1 is 1.05 bits per heavy atom. The van der Waals surface area contributed by atoms with Gasteiger partial charge in [-0.25, -0.2) is 0 Å². The highest BCUT2D eigenvalue weighted by Crippen LogP contribution is 2.32. The molecule has 0 unspecified atom stereocenters. The zero-order valence-corrected chi connectivity index (χ0v) is 21.6. The molecule has 1 aromatic carbocycles. The third kappa shape index (κ3) is 8.06. The van der Waals surface area contributed by atoms with E-state index < -0.39 is 41.5 Å². The molecule has 0 bridgehead atoms. The Hall–Kier alpha value is -3.37. The van der Waals surface area contributed by atoms with Gasteiger partial charge in [-0.1, -0.05) is 75.7 Å². The van der Waals surface area contributed by atoms with Gasteiger partial charge in [0.05, 0.1) is 11.8 Å². The number of hydrogen-bond acceptors (Lipinski definition) is 5. The molecule has 3 amide bonds. The molecule has 38 heavy (non-hydrogen) atoms. The second kappa shape index (κ2) is 13.4. The number of aromatic nitrogens is 1. The number of carbonyl (C=O) groups is 3. The maximum absolute atomic E-state index is 13.4. The first kappa shape index (κ1) is 29.2. The fraction of sp³-hybridized carbons (Fsp3) is 0.556. The van der Waals surface area contributed by atoms with Crippen LogP contribution in [0.25, 0.3) is 0 Å². The quantitative estimate of drug-likeness (QED) is 0.388. The number of alkyl halides is 3.